The summed E-state index contributed by atoms with van der Waals surface area (Å²) in [7, 11) is -4.34. The summed E-state index contributed by atoms with van der Waals surface area (Å²) in [5.74, 6) is -1.82. The molecule has 3 aliphatic heterocycles. The first-order valence-electron chi connectivity index (χ1n) is 17.2. The lowest BCUT2D eigenvalue weighted by molar-refractivity contribution is -0.415. The van der Waals surface area contributed by atoms with Gasteiger partial charge in [0.2, 0.25) is 11.6 Å². The summed E-state index contributed by atoms with van der Waals surface area (Å²) in [5, 5.41) is 4.74. The van der Waals surface area contributed by atoms with E-state index in [-0.39, 0.29) is 6.42 Å². The smallest absolute Gasteiger partial charge is 0.319 e. The number of urea groups is 1. The average Bonchev–Trinajstić information content (AvgIpc) is 3.58. The van der Waals surface area contributed by atoms with Gasteiger partial charge in [0, 0.05) is 28.8 Å². The van der Waals surface area contributed by atoms with Crippen LogP contribution in [0, 0.1) is 0 Å². The molecule has 1 unspecified atom stereocenters. The van der Waals surface area contributed by atoms with Crippen LogP contribution in [0.1, 0.15) is 45.2 Å². The lowest BCUT2D eigenvalue weighted by Gasteiger charge is -2.27. The van der Waals surface area contributed by atoms with E-state index in [0.29, 0.717) is 22.1 Å². The van der Waals surface area contributed by atoms with E-state index in [9.17, 15) is 27.4 Å². The van der Waals surface area contributed by atoms with Gasteiger partial charge < -0.3 is 5.73 Å². The number of imide groups is 1. The van der Waals surface area contributed by atoms with Crippen molar-refractivity contribution in [3.05, 3.63) is 132 Å². The van der Waals surface area contributed by atoms with Gasteiger partial charge in [0.1, 0.15) is 0 Å². The van der Waals surface area contributed by atoms with Crippen molar-refractivity contribution < 1.29 is 31.9 Å². The summed E-state index contributed by atoms with van der Waals surface area (Å²) in [6, 6.07) is 21.8. The van der Waals surface area contributed by atoms with Gasteiger partial charge in [-0.1, -0.05) is 98.8 Å². The third-order valence-corrected chi connectivity index (χ3v) is 10.8. The average molecular weight is 731 g/mol. The minimum absolute atomic E-state index is 0.183. The highest BCUT2D eigenvalue weighted by atomic mass is 32.2. The van der Waals surface area contributed by atoms with Crippen LogP contribution >= 0.6 is 0 Å². The molecule has 3 aliphatic rings. The Morgan fingerprint density at radius 3 is 2.11 bits per heavy atom. The fourth-order valence-electron chi connectivity index (χ4n) is 7.88. The molecule has 53 heavy (non-hydrogen) atoms. The molecule has 4 amide bonds. The van der Waals surface area contributed by atoms with Crippen LogP contribution < -0.4 is 16.1 Å². The van der Waals surface area contributed by atoms with Crippen molar-refractivity contribution >= 4 is 66.6 Å². The maximum atomic E-state index is 13.9. The molecule has 0 radical (unpaired) electrons. The highest BCUT2D eigenvalue weighted by Crippen LogP contribution is 2.51. The molecule has 0 aromatic heterocycles. The fourth-order valence-corrected chi connectivity index (χ4v) is 8.49. The molecule has 12 heteroatoms. The van der Waals surface area contributed by atoms with Crippen LogP contribution in [-0.2, 0) is 30.5 Å². The van der Waals surface area contributed by atoms with Crippen LogP contribution in [0.15, 0.2) is 121 Å². The zero-order valence-corrected chi connectivity index (χ0v) is 30.6. The number of carbonyl (C=O) groups is 3. The quantitative estimate of drug-likeness (QED) is 0.0877. The van der Waals surface area contributed by atoms with E-state index in [1.807, 2.05) is 131 Å². The molecule has 0 bridgehead atoms. The molecule has 4 aromatic carbocycles. The molecule has 1 atom stereocenters. The first kappa shape index (κ1) is 35.7. The van der Waals surface area contributed by atoms with Crippen LogP contribution in [0.25, 0.3) is 21.5 Å². The molecule has 3 heterocycles. The molecule has 4 aromatic rings. The van der Waals surface area contributed by atoms with Gasteiger partial charge >= 0.3 is 16.1 Å². The van der Waals surface area contributed by atoms with Crippen LogP contribution in [0.5, 0.6) is 0 Å². The second kappa shape index (κ2) is 13.1. The van der Waals surface area contributed by atoms with Gasteiger partial charge in [0.15, 0.2) is 5.71 Å². The molecule has 11 nitrogen and oxygen atoms in total. The highest BCUT2D eigenvalue weighted by molar-refractivity contribution is 7.85. The number of hydrogen-bond donors (Lipinski definition) is 3. The van der Waals surface area contributed by atoms with E-state index >= 15 is 0 Å². The number of hydrazine groups is 1. The van der Waals surface area contributed by atoms with Crippen molar-refractivity contribution in [3.63, 3.8) is 0 Å². The predicted molar refractivity (Wildman–Crippen MR) is 206 cm³/mol. The molecule has 270 valence electrons. The summed E-state index contributed by atoms with van der Waals surface area (Å²) >= 11 is 0. The molecule has 7 rings (SSSR count). The standard InChI is InChI=1S/C41H39N5O6S/c1-40(2)33(44(25-53(50,51)52)31-22-20-26-14-10-12-16-28(26)36(31)40)18-8-6-5-7-9-19-34-41(3,4)37-29-17-13-11-15-27(29)21-23-32(37)45(34)39(49)43-46-35(47)24-30(42)38(46)48/h5-23,30H,24-25,42H2,1-4H3,(H-,43,49,50,51,52)/p+1. The minimum atomic E-state index is -4.34. The number of rotatable bonds is 7. The van der Waals surface area contributed by atoms with Gasteiger partial charge in [-0.15, -0.1) is 0 Å². The molecule has 0 spiro atoms. The monoisotopic (exact) mass is 730 g/mol. The van der Waals surface area contributed by atoms with Crippen molar-refractivity contribution in [3.8, 4) is 0 Å². The van der Waals surface area contributed by atoms with E-state index in [2.05, 4.69) is 5.43 Å². The van der Waals surface area contributed by atoms with Crippen LogP contribution in [0.4, 0.5) is 16.2 Å². The predicted octanol–water partition coefficient (Wildman–Crippen LogP) is 6.28. The van der Waals surface area contributed by atoms with Crippen LogP contribution in [-0.4, -0.2) is 58.0 Å². The van der Waals surface area contributed by atoms with Crippen molar-refractivity contribution in [2.24, 2.45) is 5.73 Å². The number of fused-ring (bicyclic) bond motifs is 6. The van der Waals surface area contributed by atoms with Crippen molar-refractivity contribution in [2.45, 2.75) is 51.0 Å². The first-order chi connectivity index (χ1) is 25.1. The largest absolute Gasteiger partial charge is 0.345 e. The van der Waals surface area contributed by atoms with Crippen molar-refractivity contribution in [2.75, 3.05) is 10.8 Å². The highest BCUT2D eigenvalue weighted by Gasteiger charge is 2.48. The Kier molecular flexibility index (Phi) is 8.80. The maximum absolute atomic E-state index is 13.9. The van der Waals surface area contributed by atoms with E-state index in [1.54, 1.807) is 16.7 Å². The zero-order chi connectivity index (χ0) is 37.9. The van der Waals surface area contributed by atoms with Crippen molar-refractivity contribution in [1.82, 2.24) is 10.4 Å². The minimum Gasteiger partial charge on any atom is -0.319 e. The molecule has 4 N–H and O–H groups in total. The van der Waals surface area contributed by atoms with Gasteiger partial charge in [0.25, 0.3) is 11.8 Å². The second-order valence-electron chi connectivity index (χ2n) is 14.4. The number of anilines is 1. The molecule has 0 saturated carbocycles. The lowest BCUT2D eigenvalue weighted by Crippen LogP contribution is -2.52. The number of hydrogen-bond acceptors (Lipinski definition) is 6. The van der Waals surface area contributed by atoms with E-state index in [4.69, 9.17) is 5.73 Å². The lowest BCUT2D eigenvalue weighted by atomic mass is 9.79. The third kappa shape index (κ3) is 6.18. The van der Waals surface area contributed by atoms with Gasteiger partial charge in [-0.05, 0) is 59.2 Å². The first-order valence-corrected chi connectivity index (χ1v) is 18.8. The third-order valence-electron chi connectivity index (χ3n) is 10.2. The number of nitrogens with two attached hydrogens (primary N) is 1. The summed E-state index contributed by atoms with van der Waals surface area (Å²) in [6.07, 6.45) is 12.5. The molecule has 1 saturated heterocycles. The number of carbonyl (C=O) groups excluding carboxylic acids is 3. The Hall–Kier alpha value is -5.69. The van der Waals surface area contributed by atoms with Gasteiger partial charge in [0.05, 0.1) is 23.6 Å². The van der Waals surface area contributed by atoms with Crippen molar-refractivity contribution in [1.29, 1.82) is 0 Å². The molecular formula is C41H40N5O6S+. The summed E-state index contributed by atoms with van der Waals surface area (Å²) in [4.78, 5) is 40.4. The van der Waals surface area contributed by atoms with Gasteiger partial charge in [-0.2, -0.15) is 18.0 Å². The Morgan fingerprint density at radius 1 is 0.868 bits per heavy atom. The number of benzene rings is 4. The Morgan fingerprint density at radius 2 is 1.47 bits per heavy atom. The maximum Gasteiger partial charge on any atom is 0.345 e. The van der Waals surface area contributed by atoms with Gasteiger partial charge in [-0.3, -0.25) is 19.0 Å². The SMILES string of the molecule is CC1(C)C(/C=C/C=C/C=C/C=C2/N(C(=O)NN3C(=O)CC(N)C3=O)c3ccc4ccccc4c3C2(C)C)=[N+](CS(=O)(=O)O)c2ccc3ccccc3c21. The summed E-state index contributed by atoms with van der Waals surface area (Å²) < 4.78 is 35.8. The summed E-state index contributed by atoms with van der Waals surface area (Å²) in [6.45, 7) is 8.11. The molecule has 1 fully saturated rings. The van der Waals surface area contributed by atoms with E-state index in [0.717, 1.165) is 38.4 Å². The van der Waals surface area contributed by atoms with Gasteiger partial charge in [-0.25, -0.2) is 10.2 Å². The Balaban J connectivity index is 1.19. The normalized spacial score (nSPS) is 20.3. The number of nitrogens with one attached hydrogen (secondary N) is 1. The number of nitrogens with zero attached hydrogens (tertiary/aromatic N) is 3. The number of allylic oxidation sites excluding steroid dienone is 8. The topological polar surface area (TPSA) is 153 Å². The Labute approximate surface area is 307 Å². The molecular weight excluding hydrogens is 691 g/mol. The fraction of sp³-hybridized carbons (Fsp3) is 0.220. The molecule has 0 aliphatic carbocycles. The van der Waals surface area contributed by atoms with Crippen LogP contribution in [0.3, 0.4) is 0 Å². The summed E-state index contributed by atoms with van der Waals surface area (Å²) in [5.41, 5.74) is 11.7. The van der Waals surface area contributed by atoms with E-state index in [1.165, 1.54) is 4.90 Å². The number of amides is 4. The van der Waals surface area contributed by atoms with E-state index < -0.39 is 50.7 Å². The second-order valence-corrected chi connectivity index (χ2v) is 15.9. The Bertz CT molecular complexity index is 2510. The van der Waals surface area contributed by atoms with Crippen LogP contribution in [0.2, 0.25) is 0 Å². The zero-order valence-electron chi connectivity index (χ0n) is 29.8.